The number of aryl methyl sites for hydroxylation is 1. The van der Waals surface area contributed by atoms with Crippen molar-refractivity contribution in [1.82, 2.24) is 9.47 Å². The maximum absolute atomic E-state index is 12.8. The van der Waals surface area contributed by atoms with Gasteiger partial charge in [0.2, 0.25) is 0 Å². The average molecular weight is 378 g/mol. The molecular formula is C23H26N2O3. The monoisotopic (exact) mass is 378 g/mol. The number of hydrogen-bond donors (Lipinski definition) is 0. The van der Waals surface area contributed by atoms with Crippen LogP contribution in [-0.2, 0) is 11.3 Å². The van der Waals surface area contributed by atoms with Crippen molar-refractivity contribution in [2.24, 2.45) is 0 Å². The summed E-state index contributed by atoms with van der Waals surface area (Å²) in [5.41, 5.74) is 1.43. The topological polar surface area (TPSA) is 51.5 Å². The number of fused-ring (bicyclic) bond motifs is 1. The van der Waals surface area contributed by atoms with Gasteiger partial charge in [-0.05, 0) is 38.5 Å². The van der Waals surface area contributed by atoms with Crippen molar-refractivity contribution in [3.8, 4) is 5.75 Å². The van der Waals surface area contributed by atoms with E-state index < -0.39 is 11.7 Å². The average Bonchev–Trinajstić information content (AvgIpc) is 3.11. The summed E-state index contributed by atoms with van der Waals surface area (Å²) in [5.74, 6) is -0.0416. The highest BCUT2D eigenvalue weighted by molar-refractivity contribution is 6.44. The predicted molar refractivity (Wildman–Crippen MR) is 111 cm³/mol. The molecule has 0 unspecified atom stereocenters. The van der Waals surface area contributed by atoms with Crippen molar-refractivity contribution in [2.75, 3.05) is 19.7 Å². The molecule has 1 amide bonds. The fourth-order valence-corrected chi connectivity index (χ4v) is 3.32. The first kappa shape index (κ1) is 19.7. The van der Waals surface area contributed by atoms with E-state index >= 15 is 0 Å². The fourth-order valence-electron chi connectivity index (χ4n) is 3.32. The highest BCUT2D eigenvalue weighted by Gasteiger charge is 2.24. The molecule has 0 aliphatic carbocycles. The van der Waals surface area contributed by atoms with Crippen LogP contribution >= 0.6 is 0 Å². The number of carbonyl (C=O) groups is 2. The van der Waals surface area contributed by atoms with E-state index in [4.69, 9.17) is 4.74 Å². The molecule has 0 fully saturated rings. The molecule has 28 heavy (non-hydrogen) atoms. The van der Waals surface area contributed by atoms with Crippen molar-refractivity contribution >= 4 is 22.6 Å². The van der Waals surface area contributed by atoms with Gasteiger partial charge < -0.3 is 14.2 Å². The van der Waals surface area contributed by atoms with Crippen molar-refractivity contribution in [3.05, 3.63) is 66.4 Å². The molecule has 0 spiro atoms. The second-order valence-electron chi connectivity index (χ2n) is 6.57. The molecular weight excluding hydrogens is 352 g/mol. The molecule has 0 N–H and O–H groups in total. The van der Waals surface area contributed by atoms with Gasteiger partial charge in [-0.3, -0.25) is 9.59 Å². The Bertz CT molecular complexity index is 943. The zero-order valence-corrected chi connectivity index (χ0v) is 16.4. The van der Waals surface area contributed by atoms with Crippen molar-refractivity contribution in [1.29, 1.82) is 0 Å². The Morgan fingerprint density at radius 3 is 2.36 bits per heavy atom. The quantitative estimate of drug-likeness (QED) is 0.319. The largest absolute Gasteiger partial charge is 0.494 e. The summed E-state index contributed by atoms with van der Waals surface area (Å²) in [4.78, 5) is 26.9. The lowest BCUT2D eigenvalue weighted by atomic mass is 10.1. The number of Topliss-reactive ketones (excluding diaryl/α,β-unsaturated/α-hetero) is 1. The Hall–Kier alpha value is -3.08. The first-order valence-electron chi connectivity index (χ1n) is 9.75. The molecule has 3 rings (SSSR count). The Morgan fingerprint density at radius 1 is 0.964 bits per heavy atom. The van der Waals surface area contributed by atoms with E-state index in [1.54, 1.807) is 11.1 Å². The van der Waals surface area contributed by atoms with E-state index in [0.717, 1.165) is 23.1 Å². The third-order valence-corrected chi connectivity index (χ3v) is 4.83. The van der Waals surface area contributed by atoms with Crippen LogP contribution in [0.15, 0.2) is 60.8 Å². The first-order chi connectivity index (χ1) is 13.7. The van der Waals surface area contributed by atoms with E-state index in [9.17, 15) is 9.59 Å². The van der Waals surface area contributed by atoms with Crippen LogP contribution < -0.4 is 4.74 Å². The molecule has 0 aliphatic rings. The highest BCUT2D eigenvalue weighted by Crippen LogP contribution is 2.23. The lowest BCUT2D eigenvalue weighted by molar-refractivity contribution is -0.126. The Morgan fingerprint density at radius 2 is 1.64 bits per heavy atom. The van der Waals surface area contributed by atoms with Gasteiger partial charge in [-0.1, -0.05) is 36.4 Å². The summed E-state index contributed by atoms with van der Waals surface area (Å²) < 4.78 is 7.79. The molecule has 5 heteroatoms. The van der Waals surface area contributed by atoms with Crippen LogP contribution in [0.1, 0.15) is 30.6 Å². The fraction of sp³-hybridized carbons (Fsp3) is 0.304. The number of nitrogens with zero attached hydrogens (tertiary/aromatic N) is 2. The molecule has 1 heterocycles. The van der Waals surface area contributed by atoms with Gasteiger partial charge in [0.1, 0.15) is 5.75 Å². The SMILES string of the molecule is CCN(CC)C(=O)C(=O)c1cn(CCCOc2ccccc2)c2ccccc12. The Kier molecular flexibility index (Phi) is 6.48. The van der Waals surface area contributed by atoms with Crippen LogP contribution in [-0.4, -0.2) is 40.9 Å². The van der Waals surface area contributed by atoms with Gasteiger partial charge in [0, 0.05) is 36.7 Å². The first-order valence-corrected chi connectivity index (χ1v) is 9.75. The third-order valence-electron chi connectivity index (χ3n) is 4.83. The zero-order chi connectivity index (χ0) is 19.9. The number of rotatable bonds is 9. The minimum absolute atomic E-state index is 0.444. The number of ether oxygens (including phenoxy) is 1. The molecule has 0 saturated heterocycles. The zero-order valence-electron chi connectivity index (χ0n) is 16.4. The predicted octanol–water partition coefficient (Wildman–Crippen LogP) is 4.16. The van der Waals surface area contributed by atoms with E-state index in [0.29, 0.717) is 31.8 Å². The summed E-state index contributed by atoms with van der Waals surface area (Å²) in [6.07, 6.45) is 2.60. The number of likely N-dealkylation sites (N-methyl/N-ethyl adjacent to an activating group) is 1. The summed E-state index contributed by atoms with van der Waals surface area (Å²) in [6, 6.07) is 17.4. The number of benzene rings is 2. The maximum atomic E-state index is 12.8. The lowest BCUT2D eigenvalue weighted by Gasteiger charge is -2.17. The molecule has 1 aromatic heterocycles. The standard InChI is InChI=1S/C23H26N2O3/c1-3-24(4-2)23(27)22(26)20-17-25(21-14-9-8-13-19(20)21)15-10-16-28-18-11-6-5-7-12-18/h5-9,11-14,17H,3-4,10,15-16H2,1-2H3. The molecule has 3 aromatic rings. The van der Waals surface area contributed by atoms with Crippen LogP contribution in [0.2, 0.25) is 0 Å². The van der Waals surface area contributed by atoms with Gasteiger partial charge in [0.25, 0.3) is 11.7 Å². The minimum Gasteiger partial charge on any atom is -0.494 e. The molecule has 0 aliphatic heterocycles. The number of aromatic nitrogens is 1. The maximum Gasteiger partial charge on any atom is 0.295 e. The third kappa shape index (κ3) is 4.25. The smallest absolute Gasteiger partial charge is 0.295 e. The molecule has 146 valence electrons. The lowest BCUT2D eigenvalue weighted by Crippen LogP contribution is -2.36. The van der Waals surface area contributed by atoms with Gasteiger partial charge in [-0.15, -0.1) is 0 Å². The minimum atomic E-state index is -0.445. The molecule has 0 radical (unpaired) electrons. The molecule has 2 aromatic carbocycles. The number of para-hydroxylation sites is 2. The van der Waals surface area contributed by atoms with E-state index in [-0.39, 0.29) is 0 Å². The summed E-state index contributed by atoms with van der Waals surface area (Å²) >= 11 is 0. The van der Waals surface area contributed by atoms with Crippen molar-refractivity contribution < 1.29 is 14.3 Å². The molecule has 0 saturated carbocycles. The van der Waals surface area contributed by atoms with Crippen LogP contribution in [0.25, 0.3) is 10.9 Å². The van der Waals surface area contributed by atoms with E-state index in [2.05, 4.69) is 0 Å². The van der Waals surface area contributed by atoms with E-state index in [1.807, 2.05) is 73.0 Å². The highest BCUT2D eigenvalue weighted by atomic mass is 16.5. The number of ketones is 1. The summed E-state index contributed by atoms with van der Waals surface area (Å²) in [6.45, 7) is 6.10. The van der Waals surface area contributed by atoms with Crippen LogP contribution in [0.5, 0.6) is 5.75 Å². The molecule has 0 atom stereocenters. The van der Waals surface area contributed by atoms with Crippen molar-refractivity contribution in [2.45, 2.75) is 26.8 Å². The Labute approximate surface area is 165 Å². The van der Waals surface area contributed by atoms with Gasteiger partial charge in [-0.2, -0.15) is 0 Å². The summed E-state index contributed by atoms with van der Waals surface area (Å²) in [7, 11) is 0. The second kappa shape index (κ2) is 9.22. The number of amides is 1. The van der Waals surface area contributed by atoms with Crippen LogP contribution in [0, 0.1) is 0 Å². The molecule has 5 nitrogen and oxygen atoms in total. The second-order valence-corrected chi connectivity index (χ2v) is 6.57. The normalized spacial score (nSPS) is 10.8. The molecule has 0 bridgehead atoms. The number of carbonyl (C=O) groups excluding carboxylic acids is 2. The van der Waals surface area contributed by atoms with Gasteiger partial charge in [0.15, 0.2) is 0 Å². The van der Waals surface area contributed by atoms with Gasteiger partial charge in [0.05, 0.1) is 12.2 Å². The Balaban J connectivity index is 1.75. The summed E-state index contributed by atoms with van der Waals surface area (Å²) in [5, 5.41) is 0.817. The van der Waals surface area contributed by atoms with Crippen LogP contribution in [0.3, 0.4) is 0 Å². The van der Waals surface area contributed by atoms with Gasteiger partial charge >= 0.3 is 0 Å². The van der Waals surface area contributed by atoms with Crippen molar-refractivity contribution in [3.63, 3.8) is 0 Å². The number of hydrogen-bond acceptors (Lipinski definition) is 3. The van der Waals surface area contributed by atoms with Crippen LogP contribution in [0.4, 0.5) is 0 Å². The van der Waals surface area contributed by atoms with E-state index in [1.165, 1.54) is 0 Å². The van der Waals surface area contributed by atoms with Gasteiger partial charge in [-0.25, -0.2) is 0 Å².